The Labute approximate surface area is 174 Å². The van der Waals surface area contributed by atoms with Crippen molar-refractivity contribution >= 4 is 27.6 Å². The van der Waals surface area contributed by atoms with Gasteiger partial charge >= 0.3 is 6.03 Å². The van der Waals surface area contributed by atoms with E-state index in [1.807, 2.05) is 6.07 Å². The maximum absolute atomic E-state index is 11.2. The van der Waals surface area contributed by atoms with Crippen molar-refractivity contribution in [3.8, 4) is 0 Å². The van der Waals surface area contributed by atoms with Crippen molar-refractivity contribution in [2.24, 2.45) is 5.73 Å². The van der Waals surface area contributed by atoms with Crippen LogP contribution in [0.15, 0.2) is 48.5 Å². The fourth-order valence-corrected chi connectivity index (χ4v) is 6.00. The van der Waals surface area contributed by atoms with Crippen molar-refractivity contribution in [3.05, 3.63) is 64.7 Å². The van der Waals surface area contributed by atoms with Crippen molar-refractivity contribution in [3.63, 3.8) is 0 Å². The topological polar surface area (TPSA) is 71.2 Å². The van der Waals surface area contributed by atoms with Crippen LogP contribution in [0.3, 0.4) is 0 Å². The van der Waals surface area contributed by atoms with Crippen LogP contribution in [0.5, 0.6) is 0 Å². The molecule has 6 heteroatoms. The number of primary amides is 1. The first-order chi connectivity index (χ1) is 14.1. The van der Waals surface area contributed by atoms with Gasteiger partial charge in [0.15, 0.2) is 0 Å². The van der Waals surface area contributed by atoms with E-state index < -0.39 is 6.03 Å². The SMILES string of the molecule is NC(=O)N[C@H]1C[C@H]2CC[C@@H](C1)N2Cc1ccc(Cc2nc3ccccc3s2)cc1. The summed E-state index contributed by atoms with van der Waals surface area (Å²) in [5.74, 6) is 0. The fraction of sp³-hybridized carbons (Fsp3) is 0.391. The van der Waals surface area contributed by atoms with E-state index in [0.717, 1.165) is 31.3 Å². The van der Waals surface area contributed by atoms with Gasteiger partial charge in [-0.3, -0.25) is 4.90 Å². The largest absolute Gasteiger partial charge is 0.352 e. The van der Waals surface area contributed by atoms with Crippen molar-refractivity contribution in [2.75, 3.05) is 0 Å². The third-order valence-corrected chi connectivity index (χ3v) is 7.35. The lowest BCUT2D eigenvalue weighted by Crippen LogP contribution is -2.51. The molecule has 5 nitrogen and oxygen atoms in total. The third kappa shape index (κ3) is 4.00. The minimum absolute atomic E-state index is 0.234. The highest BCUT2D eigenvalue weighted by Crippen LogP contribution is 2.37. The van der Waals surface area contributed by atoms with E-state index in [2.05, 4.69) is 52.7 Å². The minimum atomic E-state index is -0.397. The average Bonchev–Trinajstić information content (AvgIpc) is 3.20. The molecule has 2 fully saturated rings. The Morgan fingerprint density at radius 2 is 1.76 bits per heavy atom. The molecule has 3 atom stereocenters. The number of nitrogens with zero attached hydrogens (tertiary/aromatic N) is 2. The summed E-state index contributed by atoms with van der Waals surface area (Å²) in [6.45, 7) is 0.986. The highest BCUT2D eigenvalue weighted by atomic mass is 32.1. The zero-order valence-corrected chi connectivity index (χ0v) is 17.2. The van der Waals surface area contributed by atoms with Crippen molar-refractivity contribution in [1.29, 1.82) is 0 Å². The molecule has 0 radical (unpaired) electrons. The number of piperidine rings is 1. The first-order valence-corrected chi connectivity index (χ1v) is 11.2. The maximum Gasteiger partial charge on any atom is 0.312 e. The molecule has 2 aromatic carbocycles. The number of benzene rings is 2. The molecule has 3 aromatic rings. The van der Waals surface area contributed by atoms with Gasteiger partial charge < -0.3 is 11.1 Å². The Hall–Kier alpha value is -2.44. The van der Waals surface area contributed by atoms with Gasteiger partial charge in [-0.2, -0.15) is 0 Å². The minimum Gasteiger partial charge on any atom is -0.352 e. The number of amides is 2. The second-order valence-electron chi connectivity index (χ2n) is 8.30. The number of hydrogen-bond donors (Lipinski definition) is 2. The Balaban J connectivity index is 1.22. The summed E-state index contributed by atoms with van der Waals surface area (Å²) in [5, 5.41) is 4.08. The standard InChI is InChI=1S/C23H26N4OS/c24-23(28)25-17-12-18-9-10-19(13-17)27(18)14-16-7-5-15(6-8-16)11-22-26-20-3-1-2-4-21(20)29-22/h1-8,17-19H,9-14H2,(H3,24,25,28)/t17-,18+,19-. The fourth-order valence-electron chi connectivity index (χ4n) is 4.99. The highest BCUT2D eigenvalue weighted by Gasteiger charge is 2.40. The summed E-state index contributed by atoms with van der Waals surface area (Å²) in [4.78, 5) is 18.6. The Morgan fingerprint density at radius 3 is 2.45 bits per heavy atom. The molecule has 0 spiro atoms. The number of carbonyl (C=O) groups excluding carboxylic acids is 1. The summed E-state index contributed by atoms with van der Waals surface area (Å²) < 4.78 is 1.25. The molecule has 150 valence electrons. The van der Waals surface area contributed by atoms with Gasteiger partial charge in [-0.1, -0.05) is 36.4 Å². The van der Waals surface area contributed by atoms with Gasteiger partial charge in [-0.25, -0.2) is 9.78 Å². The highest BCUT2D eigenvalue weighted by molar-refractivity contribution is 7.18. The van der Waals surface area contributed by atoms with Gasteiger partial charge in [0.05, 0.1) is 15.2 Å². The molecular weight excluding hydrogens is 380 g/mol. The van der Waals surface area contributed by atoms with Crippen LogP contribution >= 0.6 is 11.3 Å². The Kier molecular flexibility index (Phi) is 4.97. The van der Waals surface area contributed by atoms with Crippen LogP contribution in [-0.2, 0) is 13.0 Å². The molecular formula is C23H26N4OS. The molecule has 2 saturated heterocycles. The number of nitrogens with one attached hydrogen (secondary N) is 1. The molecule has 5 rings (SSSR count). The molecule has 0 unspecified atom stereocenters. The number of nitrogens with two attached hydrogens (primary N) is 1. The second-order valence-corrected chi connectivity index (χ2v) is 9.42. The number of hydrogen-bond acceptors (Lipinski definition) is 4. The zero-order valence-electron chi connectivity index (χ0n) is 16.4. The van der Waals surface area contributed by atoms with Gasteiger partial charge in [0, 0.05) is 31.1 Å². The van der Waals surface area contributed by atoms with E-state index in [1.54, 1.807) is 11.3 Å². The lowest BCUT2D eigenvalue weighted by Gasteiger charge is -2.39. The molecule has 3 N–H and O–H groups in total. The summed E-state index contributed by atoms with van der Waals surface area (Å²) in [7, 11) is 0. The first-order valence-electron chi connectivity index (χ1n) is 10.4. The predicted molar refractivity (Wildman–Crippen MR) is 117 cm³/mol. The molecule has 1 aromatic heterocycles. The third-order valence-electron chi connectivity index (χ3n) is 6.31. The summed E-state index contributed by atoms with van der Waals surface area (Å²) in [5.41, 5.74) is 9.07. The van der Waals surface area contributed by atoms with E-state index in [1.165, 1.54) is 33.7 Å². The number of thiazole rings is 1. The predicted octanol–water partition coefficient (Wildman–Crippen LogP) is 4.05. The number of urea groups is 1. The van der Waals surface area contributed by atoms with E-state index in [4.69, 9.17) is 10.7 Å². The number of fused-ring (bicyclic) bond motifs is 3. The smallest absolute Gasteiger partial charge is 0.312 e. The van der Waals surface area contributed by atoms with Crippen LogP contribution in [-0.4, -0.2) is 34.0 Å². The average molecular weight is 407 g/mol. The lowest BCUT2D eigenvalue weighted by atomic mass is 9.96. The summed E-state index contributed by atoms with van der Waals surface area (Å²) >= 11 is 1.78. The van der Waals surface area contributed by atoms with E-state index in [9.17, 15) is 4.79 Å². The number of carbonyl (C=O) groups is 1. The quantitative estimate of drug-likeness (QED) is 0.671. The Bertz CT molecular complexity index is 968. The maximum atomic E-state index is 11.2. The lowest BCUT2D eigenvalue weighted by molar-refractivity contribution is 0.112. The van der Waals surface area contributed by atoms with Crippen LogP contribution in [0.2, 0.25) is 0 Å². The van der Waals surface area contributed by atoms with E-state index in [0.29, 0.717) is 12.1 Å². The number of aromatic nitrogens is 1. The van der Waals surface area contributed by atoms with Crippen LogP contribution < -0.4 is 11.1 Å². The van der Waals surface area contributed by atoms with E-state index in [-0.39, 0.29) is 6.04 Å². The van der Waals surface area contributed by atoms with Gasteiger partial charge in [0.1, 0.15) is 0 Å². The van der Waals surface area contributed by atoms with E-state index >= 15 is 0 Å². The molecule has 2 aliphatic rings. The Morgan fingerprint density at radius 1 is 1.07 bits per heavy atom. The van der Waals surface area contributed by atoms with Crippen molar-refractivity contribution < 1.29 is 4.79 Å². The second kappa shape index (κ2) is 7.76. The monoisotopic (exact) mass is 406 g/mol. The van der Waals surface area contributed by atoms with Crippen LogP contribution in [0.4, 0.5) is 4.79 Å². The number of rotatable bonds is 5. The van der Waals surface area contributed by atoms with Crippen LogP contribution in [0.1, 0.15) is 41.8 Å². The molecule has 0 saturated carbocycles. The molecule has 2 bridgehead atoms. The molecule has 2 amide bonds. The molecule has 0 aliphatic carbocycles. The molecule has 29 heavy (non-hydrogen) atoms. The zero-order chi connectivity index (χ0) is 19.8. The van der Waals surface area contributed by atoms with Crippen molar-refractivity contribution in [1.82, 2.24) is 15.2 Å². The van der Waals surface area contributed by atoms with Crippen LogP contribution in [0.25, 0.3) is 10.2 Å². The van der Waals surface area contributed by atoms with Gasteiger partial charge in [0.25, 0.3) is 0 Å². The van der Waals surface area contributed by atoms with Crippen LogP contribution in [0, 0.1) is 0 Å². The summed E-state index contributed by atoms with van der Waals surface area (Å²) in [6, 6.07) is 18.3. The summed E-state index contributed by atoms with van der Waals surface area (Å²) in [6.07, 6.45) is 5.34. The van der Waals surface area contributed by atoms with Gasteiger partial charge in [0.2, 0.25) is 0 Å². The molecule has 2 aliphatic heterocycles. The van der Waals surface area contributed by atoms with Gasteiger partial charge in [-0.05, 0) is 48.9 Å². The normalized spacial score (nSPS) is 24.1. The van der Waals surface area contributed by atoms with Gasteiger partial charge in [-0.15, -0.1) is 11.3 Å². The van der Waals surface area contributed by atoms with Crippen molar-refractivity contribution in [2.45, 2.75) is 56.8 Å². The first kappa shape index (κ1) is 18.6. The number of para-hydroxylation sites is 1. The molecule has 3 heterocycles.